The first-order valence-corrected chi connectivity index (χ1v) is 10.4. The van der Waals surface area contributed by atoms with Crippen LogP contribution in [0.2, 0.25) is 5.02 Å². The van der Waals surface area contributed by atoms with E-state index in [2.05, 4.69) is 12.1 Å². The van der Waals surface area contributed by atoms with Gasteiger partial charge in [-0.3, -0.25) is 9.59 Å². The van der Waals surface area contributed by atoms with Crippen LogP contribution in [0.4, 0.5) is 0 Å². The third-order valence-corrected chi connectivity index (χ3v) is 5.49. The fourth-order valence-electron chi connectivity index (χ4n) is 3.41. The molecule has 1 aliphatic rings. The van der Waals surface area contributed by atoms with Crippen molar-refractivity contribution in [2.24, 2.45) is 0 Å². The van der Waals surface area contributed by atoms with Crippen molar-refractivity contribution in [2.45, 2.75) is 25.9 Å². The number of rotatable bonds is 8. The molecule has 0 unspecified atom stereocenters. The van der Waals surface area contributed by atoms with Crippen LogP contribution in [0.15, 0.2) is 54.6 Å². The van der Waals surface area contributed by atoms with Crippen molar-refractivity contribution in [3.8, 4) is 0 Å². The minimum absolute atomic E-state index is 0.0241. The average molecular weight is 415 g/mol. The molecule has 1 fully saturated rings. The molecule has 0 aromatic heterocycles. The first kappa shape index (κ1) is 21.3. The number of halogens is 1. The maximum Gasteiger partial charge on any atom is 0.248 e. The number of piperazine rings is 1. The number of amides is 2. The van der Waals surface area contributed by atoms with Gasteiger partial charge in [0.25, 0.3) is 0 Å². The van der Waals surface area contributed by atoms with Crippen LogP contribution in [-0.4, -0.2) is 54.4 Å². The van der Waals surface area contributed by atoms with E-state index in [9.17, 15) is 9.59 Å². The highest BCUT2D eigenvalue weighted by atomic mass is 35.5. The van der Waals surface area contributed by atoms with E-state index >= 15 is 0 Å². The van der Waals surface area contributed by atoms with Gasteiger partial charge in [0.05, 0.1) is 6.61 Å². The summed E-state index contributed by atoms with van der Waals surface area (Å²) in [4.78, 5) is 28.4. The van der Waals surface area contributed by atoms with Crippen molar-refractivity contribution in [3.05, 3.63) is 70.7 Å². The lowest BCUT2D eigenvalue weighted by atomic mass is 10.1. The van der Waals surface area contributed by atoms with Crippen LogP contribution in [0.1, 0.15) is 24.0 Å². The summed E-state index contributed by atoms with van der Waals surface area (Å²) in [7, 11) is 0. The Morgan fingerprint density at radius 2 is 1.48 bits per heavy atom. The molecule has 3 rings (SSSR count). The van der Waals surface area contributed by atoms with Crippen LogP contribution in [0.25, 0.3) is 0 Å². The number of ether oxygens (including phenoxy) is 1. The van der Waals surface area contributed by atoms with Crippen molar-refractivity contribution in [1.82, 2.24) is 9.80 Å². The molecule has 5 nitrogen and oxygen atoms in total. The largest absolute Gasteiger partial charge is 0.367 e. The second-order valence-corrected chi connectivity index (χ2v) is 7.59. The van der Waals surface area contributed by atoms with Crippen LogP contribution < -0.4 is 0 Å². The summed E-state index contributed by atoms with van der Waals surface area (Å²) < 4.78 is 5.53. The molecule has 0 bridgehead atoms. The summed E-state index contributed by atoms with van der Waals surface area (Å²) in [5.41, 5.74) is 2.13. The Balaban J connectivity index is 1.33. The van der Waals surface area contributed by atoms with Crippen molar-refractivity contribution in [3.63, 3.8) is 0 Å². The molecule has 2 amide bonds. The summed E-state index contributed by atoms with van der Waals surface area (Å²) in [5, 5.41) is 0.638. The van der Waals surface area contributed by atoms with Crippen LogP contribution in [0, 0.1) is 0 Å². The van der Waals surface area contributed by atoms with Gasteiger partial charge in [0, 0.05) is 37.6 Å². The highest BCUT2D eigenvalue weighted by Gasteiger charge is 2.23. The lowest BCUT2D eigenvalue weighted by Gasteiger charge is -2.34. The van der Waals surface area contributed by atoms with Crippen LogP contribution in [-0.2, 0) is 27.4 Å². The molecule has 0 N–H and O–H groups in total. The predicted octanol–water partition coefficient (Wildman–Crippen LogP) is 3.55. The van der Waals surface area contributed by atoms with Gasteiger partial charge in [-0.1, -0.05) is 60.1 Å². The van der Waals surface area contributed by atoms with Crippen molar-refractivity contribution < 1.29 is 14.3 Å². The van der Waals surface area contributed by atoms with E-state index in [0.717, 1.165) is 18.4 Å². The number of aryl methyl sites for hydroxylation is 1. The summed E-state index contributed by atoms with van der Waals surface area (Å²) in [6.45, 7) is 2.61. The first-order chi connectivity index (χ1) is 14.1. The molecule has 0 aliphatic carbocycles. The molecule has 6 heteroatoms. The van der Waals surface area contributed by atoms with Crippen molar-refractivity contribution in [2.75, 3.05) is 32.8 Å². The fraction of sp³-hybridized carbons (Fsp3) is 0.391. The van der Waals surface area contributed by atoms with Gasteiger partial charge in [0.2, 0.25) is 11.8 Å². The number of carbonyl (C=O) groups is 2. The Hall–Kier alpha value is -2.37. The highest BCUT2D eigenvalue weighted by Crippen LogP contribution is 2.16. The van der Waals surface area contributed by atoms with Crippen LogP contribution in [0.3, 0.4) is 0 Å². The minimum atomic E-state index is -0.0479. The van der Waals surface area contributed by atoms with Crippen molar-refractivity contribution >= 4 is 23.4 Å². The molecule has 1 heterocycles. The lowest BCUT2D eigenvalue weighted by molar-refractivity contribution is -0.142. The second-order valence-electron chi connectivity index (χ2n) is 7.18. The third kappa shape index (κ3) is 6.58. The average Bonchev–Trinajstić information content (AvgIpc) is 2.76. The van der Waals surface area contributed by atoms with Crippen molar-refractivity contribution in [1.29, 1.82) is 0 Å². The molecular weight excluding hydrogens is 388 g/mol. The molecule has 1 saturated heterocycles. The van der Waals surface area contributed by atoms with Gasteiger partial charge < -0.3 is 14.5 Å². The Bertz CT molecular complexity index is 805. The normalized spacial score (nSPS) is 14.1. The fourth-order valence-corrected chi connectivity index (χ4v) is 3.60. The van der Waals surface area contributed by atoms with E-state index < -0.39 is 0 Å². The number of hydrogen-bond donors (Lipinski definition) is 0. The first-order valence-electron chi connectivity index (χ1n) is 10.0. The Morgan fingerprint density at radius 1 is 0.862 bits per heavy atom. The summed E-state index contributed by atoms with van der Waals surface area (Å²) in [6.07, 6.45) is 2.30. The van der Waals surface area contributed by atoms with Gasteiger partial charge in [0.1, 0.15) is 6.61 Å². The Labute approximate surface area is 177 Å². The zero-order chi connectivity index (χ0) is 20.5. The van der Waals surface area contributed by atoms with E-state index in [1.54, 1.807) is 11.0 Å². The molecule has 0 radical (unpaired) electrons. The summed E-state index contributed by atoms with van der Waals surface area (Å²) >= 11 is 6.09. The molecule has 29 heavy (non-hydrogen) atoms. The molecule has 0 atom stereocenters. The van der Waals surface area contributed by atoms with Gasteiger partial charge in [0.15, 0.2) is 0 Å². The molecular formula is C23H27ClN2O3. The standard InChI is InChI=1S/C23H27ClN2O3/c24-21-11-5-4-10-20(21)17-29-18-23(28)26-15-13-25(14-16-26)22(27)12-6-9-19-7-2-1-3-8-19/h1-5,7-8,10-11H,6,9,12-18H2. The van der Waals surface area contributed by atoms with E-state index in [1.165, 1.54) is 5.56 Å². The predicted molar refractivity (Wildman–Crippen MR) is 114 cm³/mol. The Morgan fingerprint density at radius 3 is 2.17 bits per heavy atom. The molecule has 2 aromatic carbocycles. The molecule has 154 valence electrons. The molecule has 1 aliphatic heterocycles. The quantitative estimate of drug-likeness (QED) is 0.663. The van der Waals surface area contributed by atoms with Crippen LogP contribution >= 0.6 is 11.6 Å². The smallest absolute Gasteiger partial charge is 0.248 e. The lowest BCUT2D eigenvalue weighted by Crippen LogP contribution is -2.51. The minimum Gasteiger partial charge on any atom is -0.367 e. The summed E-state index contributed by atoms with van der Waals surface area (Å²) in [6, 6.07) is 17.6. The van der Waals surface area contributed by atoms with Gasteiger partial charge in [-0.05, 0) is 30.0 Å². The van der Waals surface area contributed by atoms with Gasteiger partial charge >= 0.3 is 0 Å². The zero-order valence-electron chi connectivity index (χ0n) is 16.6. The molecule has 0 spiro atoms. The maximum absolute atomic E-state index is 12.4. The van der Waals surface area contributed by atoms with Gasteiger partial charge in [-0.2, -0.15) is 0 Å². The second kappa shape index (κ2) is 11.0. The van der Waals surface area contributed by atoms with E-state index in [-0.39, 0.29) is 18.4 Å². The molecule has 0 saturated carbocycles. The molecule has 2 aromatic rings. The monoisotopic (exact) mass is 414 g/mol. The van der Waals surface area contributed by atoms with Crippen LogP contribution in [0.5, 0.6) is 0 Å². The topological polar surface area (TPSA) is 49.9 Å². The number of carbonyl (C=O) groups excluding carboxylic acids is 2. The van der Waals surface area contributed by atoms with E-state index in [0.29, 0.717) is 44.2 Å². The number of nitrogens with zero attached hydrogens (tertiary/aromatic N) is 2. The maximum atomic E-state index is 12.4. The van der Waals surface area contributed by atoms with Gasteiger partial charge in [-0.15, -0.1) is 0 Å². The van der Waals surface area contributed by atoms with E-state index in [4.69, 9.17) is 16.3 Å². The van der Waals surface area contributed by atoms with Gasteiger partial charge in [-0.25, -0.2) is 0 Å². The highest BCUT2D eigenvalue weighted by molar-refractivity contribution is 6.31. The SMILES string of the molecule is O=C(CCCc1ccccc1)N1CCN(C(=O)COCc2ccccc2Cl)CC1. The summed E-state index contributed by atoms with van der Waals surface area (Å²) in [5.74, 6) is 0.122. The zero-order valence-corrected chi connectivity index (χ0v) is 17.3. The third-order valence-electron chi connectivity index (χ3n) is 5.12. The Kier molecular flexibility index (Phi) is 8.08. The van der Waals surface area contributed by atoms with E-state index in [1.807, 2.05) is 41.3 Å². The number of hydrogen-bond acceptors (Lipinski definition) is 3. The number of benzene rings is 2.